The molecule has 3 heterocycles. The maximum atomic E-state index is 13.4. The lowest BCUT2D eigenvalue weighted by atomic mass is 10.2. The van der Waals surface area contributed by atoms with E-state index in [2.05, 4.69) is 5.32 Å². The van der Waals surface area contributed by atoms with Crippen molar-refractivity contribution in [2.45, 2.75) is 18.9 Å². The minimum atomic E-state index is -0.334. The molecule has 1 saturated heterocycles. The highest BCUT2D eigenvalue weighted by Crippen LogP contribution is 2.41. The van der Waals surface area contributed by atoms with E-state index < -0.39 is 0 Å². The van der Waals surface area contributed by atoms with Crippen LogP contribution in [0.3, 0.4) is 0 Å². The summed E-state index contributed by atoms with van der Waals surface area (Å²) in [6, 6.07) is 11.0. The van der Waals surface area contributed by atoms with Gasteiger partial charge in [0, 0.05) is 25.3 Å². The standard InChI is InChI=1S/C25H27N5O5/c1-32-18-11-14(12-19(33-2)22(18)34-3)30-23(26)20(25(31)27-13-15-7-6-10-35-15)21-24(30)29-17-9-5-4-8-16(17)28-21/h4-5,8-9,11-12,15H,6-7,10,13,26H2,1-3H3,(H,27,31). The molecular formula is C25H27N5O5. The average Bonchev–Trinajstić information content (AvgIpc) is 3.50. The molecule has 10 nitrogen and oxygen atoms in total. The van der Waals surface area contributed by atoms with Crippen molar-refractivity contribution in [3.63, 3.8) is 0 Å². The van der Waals surface area contributed by atoms with Gasteiger partial charge in [-0.3, -0.25) is 9.36 Å². The first-order chi connectivity index (χ1) is 17.0. The molecule has 0 saturated carbocycles. The summed E-state index contributed by atoms with van der Waals surface area (Å²) in [5, 5.41) is 2.96. The molecule has 1 unspecified atom stereocenters. The largest absolute Gasteiger partial charge is 0.493 e. The minimum absolute atomic E-state index is 0.00412. The second-order valence-corrected chi connectivity index (χ2v) is 8.21. The molecule has 0 spiro atoms. The number of ether oxygens (including phenoxy) is 4. The van der Waals surface area contributed by atoms with Gasteiger partial charge in [-0.25, -0.2) is 9.97 Å². The number of nitrogen functional groups attached to an aromatic ring is 1. The number of nitrogens with zero attached hydrogens (tertiary/aromatic N) is 3. The monoisotopic (exact) mass is 477 g/mol. The van der Waals surface area contributed by atoms with Crippen LogP contribution in [0.25, 0.3) is 27.9 Å². The van der Waals surface area contributed by atoms with Crippen molar-refractivity contribution in [3.8, 4) is 22.9 Å². The second-order valence-electron chi connectivity index (χ2n) is 8.21. The number of nitrogens with two attached hydrogens (primary N) is 1. The number of hydrogen-bond donors (Lipinski definition) is 2. The molecule has 35 heavy (non-hydrogen) atoms. The van der Waals surface area contributed by atoms with E-state index in [1.165, 1.54) is 21.3 Å². The topological polar surface area (TPSA) is 123 Å². The summed E-state index contributed by atoms with van der Waals surface area (Å²) >= 11 is 0. The van der Waals surface area contributed by atoms with E-state index in [9.17, 15) is 4.79 Å². The van der Waals surface area contributed by atoms with Gasteiger partial charge < -0.3 is 30.0 Å². The number of rotatable bonds is 7. The third-order valence-corrected chi connectivity index (χ3v) is 6.15. The number of aromatic nitrogens is 3. The van der Waals surface area contributed by atoms with Crippen LogP contribution in [0.2, 0.25) is 0 Å². The Labute approximate surface area is 201 Å². The summed E-state index contributed by atoms with van der Waals surface area (Å²) in [6.07, 6.45) is 1.89. The van der Waals surface area contributed by atoms with Gasteiger partial charge in [-0.2, -0.15) is 0 Å². The van der Waals surface area contributed by atoms with Gasteiger partial charge in [-0.05, 0) is 25.0 Å². The third kappa shape index (κ3) is 3.95. The number of anilines is 1. The van der Waals surface area contributed by atoms with E-state index in [1.807, 2.05) is 24.3 Å². The molecule has 0 radical (unpaired) electrons. The molecule has 3 N–H and O–H groups in total. The maximum Gasteiger partial charge on any atom is 0.257 e. The molecule has 1 aliphatic heterocycles. The first kappa shape index (κ1) is 22.7. The number of carbonyl (C=O) groups is 1. The van der Waals surface area contributed by atoms with Crippen LogP contribution in [0.15, 0.2) is 36.4 Å². The Morgan fingerprint density at radius 1 is 1.11 bits per heavy atom. The van der Waals surface area contributed by atoms with Crippen molar-refractivity contribution in [1.29, 1.82) is 0 Å². The van der Waals surface area contributed by atoms with Gasteiger partial charge in [-0.1, -0.05) is 12.1 Å². The molecule has 2 aromatic heterocycles. The molecule has 1 amide bonds. The van der Waals surface area contributed by atoms with Gasteiger partial charge >= 0.3 is 0 Å². The van der Waals surface area contributed by atoms with E-state index in [-0.39, 0.29) is 23.4 Å². The fourth-order valence-electron chi connectivity index (χ4n) is 4.44. The SMILES string of the molecule is COc1cc(-n2c(N)c(C(=O)NCC3CCCO3)c3nc4ccccc4nc32)cc(OC)c1OC. The van der Waals surface area contributed by atoms with Gasteiger partial charge in [0.05, 0.1) is 44.2 Å². The molecule has 1 aliphatic rings. The van der Waals surface area contributed by atoms with E-state index >= 15 is 0 Å². The average molecular weight is 478 g/mol. The molecule has 2 aromatic carbocycles. The number of benzene rings is 2. The summed E-state index contributed by atoms with van der Waals surface area (Å²) < 4.78 is 23.8. The van der Waals surface area contributed by atoms with Crippen LogP contribution in [-0.4, -0.2) is 61.0 Å². The highest BCUT2D eigenvalue weighted by Gasteiger charge is 2.27. The van der Waals surface area contributed by atoms with Gasteiger partial charge in [0.2, 0.25) is 5.75 Å². The number of methoxy groups -OCH3 is 3. The minimum Gasteiger partial charge on any atom is -0.493 e. The lowest BCUT2D eigenvalue weighted by Crippen LogP contribution is -2.32. The lowest BCUT2D eigenvalue weighted by Gasteiger charge is -2.16. The molecule has 10 heteroatoms. The van der Waals surface area contributed by atoms with Crippen LogP contribution in [0, 0.1) is 0 Å². The molecule has 1 atom stereocenters. The molecule has 4 aromatic rings. The molecule has 1 fully saturated rings. The zero-order valence-electron chi connectivity index (χ0n) is 19.8. The van der Waals surface area contributed by atoms with E-state index in [4.69, 9.17) is 34.6 Å². The Balaban J connectivity index is 1.71. The number of fused-ring (bicyclic) bond motifs is 2. The Morgan fingerprint density at radius 3 is 2.40 bits per heavy atom. The van der Waals surface area contributed by atoms with Crippen LogP contribution >= 0.6 is 0 Å². The van der Waals surface area contributed by atoms with Crippen molar-refractivity contribution in [3.05, 3.63) is 42.0 Å². The van der Waals surface area contributed by atoms with E-state index in [1.54, 1.807) is 16.7 Å². The van der Waals surface area contributed by atoms with Crippen molar-refractivity contribution >= 4 is 33.9 Å². The Kier molecular flexibility index (Phi) is 6.04. The summed E-state index contributed by atoms with van der Waals surface area (Å²) in [7, 11) is 4.61. The normalized spacial score (nSPS) is 15.5. The quantitative estimate of drug-likeness (QED) is 0.416. The lowest BCUT2D eigenvalue weighted by molar-refractivity contribution is 0.0859. The van der Waals surface area contributed by atoms with E-state index in [0.29, 0.717) is 58.3 Å². The zero-order valence-corrected chi connectivity index (χ0v) is 19.8. The van der Waals surface area contributed by atoms with Crippen molar-refractivity contribution in [2.75, 3.05) is 40.2 Å². The molecule has 5 rings (SSSR count). The van der Waals surface area contributed by atoms with Gasteiger partial charge in [0.15, 0.2) is 17.1 Å². The molecular weight excluding hydrogens is 450 g/mol. The van der Waals surface area contributed by atoms with Gasteiger partial charge in [0.25, 0.3) is 5.91 Å². The fraction of sp³-hybridized carbons (Fsp3) is 0.320. The molecule has 0 bridgehead atoms. The highest BCUT2D eigenvalue weighted by atomic mass is 16.5. The second kappa shape index (κ2) is 9.30. The van der Waals surface area contributed by atoms with Crippen LogP contribution in [0.4, 0.5) is 5.82 Å². The summed E-state index contributed by atoms with van der Waals surface area (Å²) in [6.45, 7) is 1.11. The summed E-state index contributed by atoms with van der Waals surface area (Å²) in [5.41, 5.74) is 9.65. The van der Waals surface area contributed by atoms with Crippen molar-refractivity contribution in [2.24, 2.45) is 0 Å². The van der Waals surface area contributed by atoms with E-state index in [0.717, 1.165) is 12.8 Å². The Morgan fingerprint density at radius 2 is 1.80 bits per heavy atom. The smallest absolute Gasteiger partial charge is 0.257 e. The number of carbonyl (C=O) groups excluding carboxylic acids is 1. The summed E-state index contributed by atoms with van der Waals surface area (Å²) in [4.78, 5) is 22.9. The fourth-order valence-corrected chi connectivity index (χ4v) is 4.44. The predicted octanol–water partition coefficient (Wildman–Crippen LogP) is 3.09. The first-order valence-electron chi connectivity index (χ1n) is 11.3. The summed E-state index contributed by atoms with van der Waals surface area (Å²) in [5.74, 6) is 1.20. The van der Waals surface area contributed by atoms with Gasteiger partial charge in [-0.15, -0.1) is 0 Å². The van der Waals surface area contributed by atoms with Crippen molar-refractivity contribution < 1.29 is 23.7 Å². The van der Waals surface area contributed by atoms with Crippen LogP contribution in [0.1, 0.15) is 23.2 Å². The zero-order chi connectivity index (χ0) is 24.5. The third-order valence-electron chi connectivity index (χ3n) is 6.15. The first-order valence-corrected chi connectivity index (χ1v) is 11.3. The number of hydrogen-bond acceptors (Lipinski definition) is 8. The van der Waals surface area contributed by atoms with Crippen LogP contribution < -0.4 is 25.3 Å². The molecule has 182 valence electrons. The van der Waals surface area contributed by atoms with Crippen LogP contribution in [-0.2, 0) is 4.74 Å². The number of amides is 1. The number of para-hydroxylation sites is 2. The molecule has 0 aliphatic carbocycles. The van der Waals surface area contributed by atoms with Crippen molar-refractivity contribution in [1.82, 2.24) is 19.9 Å². The predicted molar refractivity (Wildman–Crippen MR) is 132 cm³/mol. The Hall–Kier alpha value is -4.05. The van der Waals surface area contributed by atoms with Crippen LogP contribution in [0.5, 0.6) is 17.2 Å². The number of nitrogens with one attached hydrogen (secondary N) is 1. The Bertz CT molecular complexity index is 1390. The maximum absolute atomic E-state index is 13.4. The highest BCUT2D eigenvalue weighted by molar-refractivity contribution is 6.11. The van der Waals surface area contributed by atoms with Gasteiger partial charge in [0.1, 0.15) is 16.9 Å².